The first kappa shape index (κ1) is 23.2. The van der Waals surface area contributed by atoms with Crippen LogP contribution >= 0.6 is 23.5 Å². The summed E-state index contributed by atoms with van der Waals surface area (Å²) in [6.45, 7) is 3.15. The van der Waals surface area contributed by atoms with Gasteiger partial charge in [-0.25, -0.2) is 8.70 Å². The molecule has 2 unspecified atom stereocenters. The quantitative estimate of drug-likeness (QED) is 0.490. The summed E-state index contributed by atoms with van der Waals surface area (Å²) in [7, 11) is 0. The number of aromatic nitrogens is 2. The van der Waals surface area contributed by atoms with E-state index in [0.717, 1.165) is 37.3 Å². The fraction of sp³-hybridized carbons (Fsp3) is 0.360. The number of rotatable bonds is 5. The Morgan fingerprint density at radius 2 is 1.79 bits per heavy atom. The molecule has 0 spiro atoms. The van der Waals surface area contributed by atoms with Crippen LogP contribution in [0.4, 0.5) is 10.1 Å². The Morgan fingerprint density at radius 1 is 1.06 bits per heavy atom. The maximum absolute atomic E-state index is 15.2. The van der Waals surface area contributed by atoms with Gasteiger partial charge in [-0.3, -0.25) is 4.79 Å². The lowest BCUT2D eigenvalue weighted by atomic mass is 9.88. The zero-order chi connectivity index (χ0) is 23.7. The minimum Gasteiger partial charge on any atom is -0.479 e. The second kappa shape index (κ2) is 9.98. The number of alkyl halides is 1. The van der Waals surface area contributed by atoms with E-state index in [1.807, 2.05) is 24.3 Å². The zero-order valence-electron chi connectivity index (χ0n) is 18.9. The monoisotopic (exact) mass is 500 g/mol. The van der Waals surface area contributed by atoms with Crippen molar-refractivity contribution in [1.82, 2.24) is 14.1 Å². The number of benzene rings is 2. The molecular weight excluding hydrogens is 475 g/mol. The van der Waals surface area contributed by atoms with Gasteiger partial charge in [-0.1, -0.05) is 53.9 Å². The van der Waals surface area contributed by atoms with E-state index in [1.54, 1.807) is 42.4 Å². The highest BCUT2D eigenvalue weighted by atomic mass is 35.5. The maximum atomic E-state index is 15.2. The number of hydrogen-bond donors (Lipinski definition) is 0. The van der Waals surface area contributed by atoms with Gasteiger partial charge in [-0.15, -0.1) is 0 Å². The normalized spacial score (nSPS) is 20.7. The Kier molecular flexibility index (Phi) is 6.81. The topological polar surface area (TPSA) is 50.6 Å². The van der Waals surface area contributed by atoms with E-state index in [0.29, 0.717) is 22.8 Å². The molecule has 3 aromatic rings. The molecule has 0 amide bonds. The number of piperazine rings is 1. The lowest BCUT2D eigenvalue weighted by Gasteiger charge is -2.36. The summed E-state index contributed by atoms with van der Waals surface area (Å²) in [5.74, 6) is 0.139. The highest BCUT2D eigenvalue weighted by Crippen LogP contribution is 2.31. The zero-order valence-corrected chi connectivity index (χ0v) is 20.4. The van der Waals surface area contributed by atoms with Crippen LogP contribution in [0.5, 0.6) is 5.75 Å². The summed E-state index contributed by atoms with van der Waals surface area (Å²) in [5.41, 5.74) is 2.77. The van der Waals surface area contributed by atoms with Crippen LogP contribution in [0.1, 0.15) is 11.1 Å². The van der Waals surface area contributed by atoms with Crippen molar-refractivity contribution in [3.05, 3.63) is 81.2 Å². The van der Waals surface area contributed by atoms with Crippen molar-refractivity contribution in [3.8, 4) is 11.4 Å². The van der Waals surface area contributed by atoms with Crippen molar-refractivity contribution in [2.45, 2.75) is 25.1 Å². The van der Waals surface area contributed by atoms with E-state index in [-0.39, 0.29) is 12.2 Å². The van der Waals surface area contributed by atoms with Gasteiger partial charge in [-0.05, 0) is 35.6 Å². The van der Waals surface area contributed by atoms with Gasteiger partial charge in [-0.2, -0.15) is 9.78 Å². The second-order valence-electron chi connectivity index (χ2n) is 8.50. The first-order valence-corrected chi connectivity index (χ1v) is 12.9. The Hall–Kier alpha value is -2.55. The summed E-state index contributed by atoms with van der Waals surface area (Å²) in [6, 6.07) is 14.7. The first-order chi connectivity index (χ1) is 16.5. The van der Waals surface area contributed by atoms with Gasteiger partial charge in [0.1, 0.15) is 18.0 Å². The highest BCUT2D eigenvalue weighted by molar-refractivity contribution is 7.96. The van der Waals surface area contributed by atoms with Crippen molar-refractivity contribution in [2.75, 3.05) is 37.3 Å². The third-order valence-electron chi connectivity index (χ3n) is 6.43. The molecule has 0 saturated carbocycles. The van der Waals surface area contributed by atoms with E-state index >= 15 is 4.39 Å². The SMILES string of the molecule is CSN1CCN(c2cnn(-c3cccc(Cl)c3)c(=O)c2OC2Cc3ccccc3CC2F)CC1. The van der Waals surface area contributed by atoms with Crippen LogP contribution in [-0.2, 0) is 12.8 Å². The molecule has 178 valence electrons. The predicted octanol–water partition coefficient (Wildman–Crippen LogP) is 4.17. The molecule has 2 heterocycles. The molecule has 5 rings (SSSR count). The molecule has 1 aliphatic carbocycles. The largest absolute Gasteiger partial charge is 0.479 e. The smallest absolute Gasteiger partial charge is 0.316 e. The molecule has 34 heavy (non-hydrogen) atoms. The number of ether oxygens (including phenoxy) is 1. The highest BCUT2D eigenvalue weighted by Gasteiger charge is 2.33. The maximum Gasteiger partial charge on any atom is 0.316 e. The van der Waals surface area contributed by atoms with E-state index < -0.39 is 17.8 Å². The van der Waals surface area contributed by atoms with Gasteiger partial charge in [0.25, 0.3) is 0 Å². The van der Waals surface area contributed by atoms with Crippen molar-refractivity contribution in [1.29, 1.82) is 0 Å². The van der Waals surface area contributed by atoms with Gasteiger partial charge >= 0.3 is 5.56 Å². The van der Waals surface area contributed by atoms with Crippen LogP contribution in [0.3, 0.4) is 0 Å². The summed E-state index contributed by atoms with van der Waals surface area (Å²) >= 11 is 7.86. The second-order valence-corrected chi connectivity index (χ2v) is 9.82. The van der Waals surface area contributed by atoms with Crippen molar-refractivity contribution in [2.24, 2.45) is 0 Å². The fourth-order valence-corrected chi connectivity index (χ4v) is 5.29. The van der Waals surface area contributed by atoms with Crippen LogP contribution in [0.15, 0.2) is 59.5 Å². The van der Waals surface area contributed by atoms with E-state index in [1.165, 1.54) is 4.68 Å². The Balaban J connectivity index is 1.53. The molecule has 1 aliphatic heterocycles. The molecule has 1 fully saturated rings. The Labute approximate surface area is 207 Å². The van der Waals surface area contributed by atoms with Gasteiger partial charge in [0, 0.05) is 44.0 Å². The Bertz CT molecular complexity index is 1230. The van der Waals surface area contributed by atoms with Crippen LogP contribution in [0, 0.1) is 0 Å². The number of fused-ring (bicyclic) bond motifs is 1. The van der Waals surface area contributed by atoms with Gasteiger partial charge in [0.15, 0.2) is 0 Å². The summed E-state index contributed by atoms with van der Waals surface area (Å²) in [5, 5.41) is 4.92. The molecular formula is C25H26ClFN4O2S. The minimum atomic E-state index is -1.21. The Morgan fingerprint density at radius 3 is 2.50 bits per heavy atom. The fourth-order valence-electron chi connectivity index (χ4n) is 4.58. The van der Waals surface area contributed by atoms with Crippen LogP contribution in [0.2, 0.25) is 5.02 Å². The van der Waals surface area contributed by atoms with Crippen LogP contribution in [-0.4, -0.2) is 58.8 Å². The minimum absolute atomic E-state index is 0.139. The standard InChI is InChI=1S/C25H26ClFN4O2S/c1-34-30-11-9-29(10-12-30)22-16-28-31(20-8-4-7-19(26)15-20)25(32)24(22)33-23-14-18-6-3-2-5-17(18)13-21(23)27/h2-8,15-16,21,23H,9-14H2,1H3. The average molecular weight is 501 g/mol. The predicted molar refractivity (Wildman–Crippen MR) is 135 cm³/mol. The average Bonchev–Trinajstić information content (AvgIpc) is 2.85. The van der Waals surface area contributed by atoms with Gasteiger partial charge < -0.3 is 9.64 Å². The molecule has 0 bridgehead atoms. The van der Waals surface area contributed by atoms with Crippen molar-refractivity contribution in [3.63, 3.8) is 0 Å². The van der Waals surface area contributed by atoms with E-state index in [2.05, 4.69) is 20.6 Å². The van der Waals surface area contributed by atoms with Crippen LogP contribution in [0.25, 0.3) is 5.69 Å². The molecule has 0 radical (unpaired) electrons. The van der Waals surface area contributed by atoms with Crippen molar-refractivity contribution < 1.29 is 9.13 Å². The third kappa shape index (κ3) is 4.67. The number of hydrogen-bond acceptors (Lipinski definition) is 6. The van der Waals surface area contributed by atoms with Gasteiger partial charge in [0.05, 0.1) is 11.9 Å². The molecule has 6 nitrogen and oxygen atoms in total. The molecule has 2 aliphatic rings. The summed E-state index contributed by atoms with van der Waals surface area (Å²) in [6.07, 6.45) is 2.44. The van der Waals surface area contributed by atoms with Crippen LogP contribution < -0.4 is 15.2 Å². The van der Waals surface area contributed by atoms with E-state index in [9.17, 15) is 4.79 Å². The van der Waals surface area contributed by atoms with Crippen molar-refractivity contribution >= 4 is 29.2 Å². The van der Waals surface area contributed by atoms with E-state index in [4.69, 9.17) is 16.3 Å². The third-order valence-corrected chi connectivity index (χ3v) is 7.55. The number of halogens is 2. The molecule has 2 aromatic carbocycles. The molecule has 9 heteroatoms. The number of nitrogens with zero attached hydrogens (tertiary/aromatic N) is 4. The summed E-state index contributed by atoms with van der Waals surface area (Å²) in [4.78, 5) is 15.8. The number of anilines is 1. The lowest BCUT2D eigenvalue weighted by molar-refractivity contribution is 0.0902. The first-order valence-electron chi connectivity index (χ1n) is 11.3. The molecule has 1 saturated heterocycles. The summed E-state index contributed by atoms with van der Waals surface area (Å²) < 4.78 is 25.0. The lowest BCUT2D eigenvalue weighted by Crippen LogP contribution is -2.45. The molecule has 1 aromatic heterocycles. The molecule has 0 N–H and O–H groups in total. The molecule has 2 atom stereocenters. The van der Waals surface area contributed by atoms with Gasteiger partial charge in [0.2, 0.25) is 5.75 Å².